The van der Waals surface area contributed by atoms with Crippen molar-refractivity contribution >= 4 is 17.1 Å². The van der Waals surface area contributed by atoms with Gasteiger partial charge in [0.15, 0.2) is 11.6 Å². The fraction of sp³-hybridized carbons (Fsp3) is 0.357. The first-order chi connectivity index (χ1) is 16.8. The Labute approximate surface area is 203 Å². The number of anilines is 2. The van der Waals surface area contributed by atoms with Crippen molar-refractivity contribution in [1.29, 1.82) is 0 Å². The Hall–Kier alpha value is -3.22. The largest absolute Gasteiger partial charge is 0.405 e. The molecule has 4 N–H and O–H groups in total. The van der Waals surface area contributed by atoms with Crippen LogP contribution in [0.4, 0.5) is 28.9 Å². The van der Waals surface area contributed by atoms with Gasteiger partial charge in [-0.1, -0.05) is 19.6 Å². The molecular weight excluding hydrogens is 454 g/mol. The summed E-state index contributed by atoms with van der Waals surface area (Å²) in [7, 11) is 0. The van der Waals surface area contributed by atoms with Crippen LogP contribution in [0.3, 0.4) is 0 Å². The van der Waals surface area contributed by atoms with E-state index in [1.54, 1.807) is 12.1 Å². The van der Waals surface area contributed by atoms with Crippen LogP contribution in [0, 0.1) is 17.5 Å². The van der Waals surface area contributed by atoms with Crippen LogP contribution in [0.15, 0.2) is 54.5 Å². The van der Waals surface area contributed by atoms with E-state index in [1.807, 2.05) is 6.92 Å². The van der Waals surface area contributed by atoms with Gasteiger partial charge in [0.2, 0.25) is 0 Å². The Morgan fingerprint density at radius 3 is 2.46 bits per heavy atom. The molecule has 0 saturated heterocycles. The second-order valence-electron chi connectivity index (χ2n) is 9.34. The fourth-order valence-electron chi connectivity index (χ4n) is 4.10. The summed E-state index contributed by atoms with van der Waals surface area (Å²) in [6.45, 7) is 5.84. The van der Waals surface area contributed by atoms with Crippen LogP contribution in [0.2, 0.25) is 0 Å². The van der Waals surface area contributed by atoms with E-state index in [-0.39, 0.29) is 47.0 Å². The number of nitrogens with two attached hydrogens (primary N) is 1. The lowest BCUT2D eigenvalue weighted by atomic mass is 9.97. The van der Waals surface area contributed by atoms with Gasteiger partial charge in [0.05, 0.1) is 11.4 Å². The van der Waals surface area contributed by atoms with Crippen LogP contribution in [0.5, 0.6) is 0 Å². The zero-order valence-electron chi connectivity index (χ0n) is 19.9. The van der Waals surface area contributed by atoms with E-state index in [9.17, 15) is 8.78 Å². The molecule has 2 fully saturated rings. The number of benzene rings is 2. The van der Waals surface area contributed by atoms with Crippen LogP contribution in [-0.4, -0.2) is 6.04 Å². The molecule has 2 aliphatic carbocycles. The van der Waals surface area contributed by atoms with Crippen molar-refractivity contribution in [2.75, 3.05) is 5.32 Å². The second-order valence-corrected chi connectivity index (χ2v) is 9.34. The van der Waals surface area contributed by atoms with Gasteiger partial charge in [-0.05, 0) is 91.6 Å². The number of allylic oxidation sites excluding steroid dienone is 3. The standard InChI is InChI=1S/C28H31F4N3/c1-3-4-23(29)19(11-12-33)13-20-14-22(16(2)34-21-8-9-21)28(27(32)26(20)31)35-25-10-7-18(15-24(25)30)17-5-6-17/h7,10-12,14-15,17,21,34-35H,2-6,8-9,13,33H2,1H3/b12-11-,23-19-. The Balaban J connectivity index is 1.73. The van der Waals surface area contributed by atoms with E-state index >= 15 is 8.78 Å². The van der Waals surface area contributed by atoms with E-state index in [0.29, 0.717) is 18.0 Å². The zero-order chi connectivity index (χ0) is 25.1. The molecule has 0 atom stereocenters. The molecule has 7 heteroatoms. The Bertz CT molecular complexity index is 1180. The van der Waals surface area contributed by atoms with Crippen molar-refractivity contribution in [2.24, 2.45) is 5.73 Å². The summed E-state index contributed by atoms with van der Waals surface area (Å²) in [6.07, 6.45) is 7.04. The molecule has 0 unspecified atom stereocenters. The summed E-state index contributed by atoms with van der Waals surface area (Å²) < 4.78 is 60.1. The molecule has 2 aromatic rings. The Kier molecular flexibility index (Phi) is 7.53. The topological polar surface area (TPSA) is 50.1 Å². The first kappa shape index (κ1) is 24.9. The van der Waals surface area contributed by atoms with Gasteiger partial charge in [0.25, 0.3) is 0 Å². The van der Waals surface area contributed by atoms with E-state index in [1.165, 1.54) is 24.4 Å². The maximum atomic E-state index is 15.5. The van der Waals surface area contributed by atoms with Gasteiger partial charge in [-0.2, -0.15) is 0 Å². The number of halogens is 4. The monoisotopic (exact) mass is 485 g/mol. The number of hydrogen-bond acceptors (Lipinski definition) is 3. The van der Waals surface area contributed by atoms with Crippen molar-refractivity contribution in [2.45, 2.75) is 63.8 Å². The first-order valence-electron chi connectivity index (χ1n) is 12.1. The number of nitrogens with one attached hydrogen (secondary N) is 2. The SMILES string of the molecule is C=C(NC1CC1)c1cc(CC(/C=C\N)=C(\F)CCC)c(F)c(F)c1Nc1ccc(C2CC2)cc1F. The first-order valence-corrected chi connectivity index (χ1v) is 12.1. The number of rotatable bonds is 11. The van der Waals surface area contributed by atoms with Crippen molar-refractivity contribution in [3.63, 3.8) is 0 Å². The molecule has 0 aliphatic heterocycles. The maximum Gasteiger partial charge on any atom is 0.183 e. The average molecular weight is 486 g/mol. The minimum Gasteiger partial charge on any atom is -0.405 e. The van der Waals surface area contributed by atoms with Crippen LogP contribution in [-0.2, 0) is 6.42 Å². The third kappa shape index (κ3) is 5.89. The molecule has 186 valence electrons. The molecule has 0 heterocycles. The molecule has 0 aromatic heterocycles. The lowest BCUT2D eigenvalue weighted by molar-refractivity contribution is 0.502. The van der Waals surface area contributed by atoms with Crippen molar-refractivity contribution in [1.82, 2.24) is 5.32 Å². The molecule has 2 aliphatic rings. The van der Waals surface area contributed by atoms with E-state index in [4.69, 9.17) is 5.73 Å². The van der Waals surface area contributed by atoms with Gasteiger partial charge in [-0.3, -0.25) is 0 Å². The molecule has 0 radical (unpaired) electrons. The highest BCUT2D eigenvalue weighted by Crippen LogP contribution is 2.41. The van der Waals surface area contributed by atoms with Gasteiger partial charge >= 0.3 is 0 Å². The predicted octanol–water partition coefficient (Wildman–Crippen LogP) is 7.49. The number of hydrogen-bond donors (Lipinski definition) is 3. The molecular formula is C28H31F4N3. The van der Waals surface area contributed by atoms with E-state index < -0.39 is 23.3 Å². The second kappa shape index (κ2) is 10.6. The summed E-state index contributed by atoms with van der Waals surface area (Å²) in [5.74, 6) is -2.90. The molecule has 3 nitrogen and oxygen atoms in total. The maximum absolute atomic E-state index is 15.5. The fourth-order valence-corrected chi connectivity index (χ4v) is 4.10. The predicted molar refractivity (Wildman–Crippen MR) is 133 cm³/mol. The van der Waals surface area contributed by atoms with E-state index in [0.717, 1.165) is 31.2 Å². The lowest BCUT2D eigenvalue weighted by Gasteiger charge is -2.19. The summed E-state index contributed by atoms with van der Waals surface area (Å²) in [4.78, 5) is 0. The summed E-state index contributed by atoms with van der Waals surface area (Å²) in [6, 6.07) is 6.43. The summed E-state index contributed by atoms with van der Waals surface area (Å²) in [5.41, 5.74) is 7.00. The summed E-state index contributed by atoms with van der Waals surface area (Å²) >= 11 is 0. The average Bonchev–Trinajstić information content (AvgIpc) is 3.74. The summed E-state index contributed by atoms with van der Waals surface area (Å²) in [5, 5.41) is 5.95. The van der Waals surface area contributed by atoms with Crippen molar-refractivity contribution < 1.29 is 17.6 Å². The quantitative estimate of drug-likeness (QED) is 0.228. The zero-order valence-corrected chi connectivity index (χ0v) is 19.9. The van der Waals surface area contributed by atoms with Gasteiger partial charge in [0, 0.05) is 23.7 Å². The molecule has 0 amide bonds. The van der Waals surface area contributed by atoms with Crippen LogP contribution < -0.4 is 16.4 Å². The normalized spacial score (nSPS) is 16.4. The highest BCUT2D eigenvalue weighted by Gasteiger charge is 2.27. The highest BCUT2D eigenvalue weighted by molar-refractivity contribution is 5.79. The molecule has 0 spiro atoms. The van der Waals surface area contributed by atoms with Gasteiger partial charge in [-0.25, -0.2) is 17.6 Å². The van der Waals surface area contributed by atoms with Crippen LogP contribution in [0.1, 0.15) is 68.1 Å². The third-order valence-corrected chi connectivity index (χ3v) is 6.36. The van der Waals surface area contributed by atoms with Gasteiger partial charge < -0.3 is 16.4 Å². The smallest absolute Gasteiger partial charge is 0.183 e. The molecule has 0 bridgehead atoms. The molecule has 2 saturated carbocycles. The third-order valence-electron chi connectivity index (χ3n) is 6.36. The van der Waals surface area contributed by atoms with Crippen molar-refractivity contribution in [3.05, 3.63) is 88.7 Å². The van der Waals surface area contributed by atoms with Gasteiger partial charge in [0.1, 0.15) is 11.6 Å². The minimum absolute atomic E-state index is 0.0364. The molecule has 35 heavy (non-hydrogen) atoms. The Morgan fingerprint density at radius 2 is 1.86 bits per heavy atom. The van der Waals surface area contributed by atoms with Crippen LogP contribution >= 0.6 is 0 Å². The highest BCUT2D eigenvalue weighted by atomic mass is 19.2. The van der Waals surface area contributed by atoms with Gasteiger partial charge in [-0.15, -0.1) is 0 Å². The Morgan fingerprint density at radius 1 is 1.11 bits per heavy atom. The molecule has 4 rings (SSSR count). The van der Waals surface area contributed by atoms with Crippen LogP contribution in [0.25, 0.3) is 5.70 Å². The lowest BCUT2D eigenvalue weighted by Crippen LogP contribution is -2.16. The van der Waals surface area contributed by atoms with Crippen molar-refractivity contribution in [3.8, 4) is 0 Å². The minimum atomic E-state index is -1.17. The molecule has 2 aromatic carbocycles. The van der Waals surface area contributed by atoms with E-state index in [2.05, 4.69) is 17.2 Å².